The molecule has 0 aromatic carbocycles. The predicted molar refractivity (Wildman–Crippen MR) is 81.0 cm³/mol. The summed E-state index contributed by atoms with van der Waals surface area (Å²) in [5, 5.41) is 1.19. The number of hydrogen-bond donors (Lipinski definition) is 0. The number of piperidine rings is 1. The molecule has 0 N–H and O–H groups in total. The zero-order valence-electron chi connectivity index (χ0n) is 11.6. The third kappa shape index (κ3) is 7.46. The van der Waals surface area contributed by atoms with Crippen molar-refractivity contribution in [2.75, 3.05) is 25.0 Å². The highest BCUT2D eigenvalue weighted by atomic mass is 79.9. The molecule has 0 amide bonds. The molecular formula is C15H30BrN. The number of likely N-dealkylation sites (tertiary alicyclic amines) is 1. The maximum atomic E-state index is 3.63. The quantitative estimate of drug-likeness (QED) is 0.435. The second-order valence-corrected chi connectivity index (χ2v) is 6.23. The van der Waals surface area contributed by atoms with E-state index in [-0.39, 0.29) is 0 Å². The standard InChI is InChI=1S/C15H30BrN/c1-2-3-4-5-6-7-8-11-17-12-9-10-15(13-16)14-17/h15H,2-14H2,1H3. The lowest BCUT2D eigenvalue weighted by molar-refractivity contribution is 0.183. The summed E-state index contributed by atoms with van der Waals surface area (Å²) in [4.78, 5) is 2.68. The third-order valence-corrected chi connectivity index (χ3v) is 4.81. The first-order valence-electron chi connectivity index (χ1n) is 7.65. The highest BCUT2D eigenvalue weighted by molar-refractivity contribution is 9.09. The number of rotatable bonds is 9. The summed E-state index contributed by atoms with van der Waals surface area (Å²) < 4.78 is 0. The lowest BCUT2D eigenvalue weighted by Gasteiger charge is -2.31. The minimum absolute atomic E-state index is 0.910. The van der Waals surface area contributed by atoms with Crippen LogP contribution in [0.2, 0.25) is 0 Å². The van der Waals surface area contributed by atoms with Crippen LogP contribution in [0.1, 0.15) is 64.7 Å². The Labute approximate surface area is 116 Å². The summed E-state index contributed by atoms with van der Waals surface area (Å²) in [6.45, 7) is 6.31. The Bertz CT molecular complexity index is 172. The highest BCUT2D eigenvalue weighted by Crippen LogP contribution is 2.18. The van der Waals surface area contributed by atoms with Gasteiger partial charge in [0, 0.05) is 11.9 Å². The van der Waals surface area contributed by atoms with Crippen LogP contribution in [-0.4, -0.2) is 29.9 Å². The lowest BCUT2D eigenvalue weighted by atomic mass is 10.00. The van der Waals surface area contributed by atoms with Crippen molar-refractivity contribution in [2.24, 2.45) is 5.92 Å². The Hall–Kier alpha value is 0.440. The molecule has 2 heteroatoms. The number of unbranched alkanes of at least 4 members (excludes halogenated alkanes) is 6. The predicted octanol–water partition coefficient (Wildman–Crippen LogP) is 4.84. The summed E-state index contributed by atoms with van der Waals surface area (Å²) in [5.74, 6) is 0.910. The van der Waals surface area contributed by atoms with E-state index in [9.17, 15) is 0 Å². The van der Waals surface area contributed by atoms with Crippen molar-refractivity contribution in [3.8, 4) is 0 Å². The molecule has 1 heterocycles. The van der Waals surface area contributed by atoms with Crippen molar-refractivity contribution >= 4 is 15.9 Å². The molecular weight excluding hydrogens is 274 g/mol. The Balaban J connectivity index is 1.91. The van der Waals surface area contributed by atoms with E-state index in [0.717, 1.165) is 5.92 Å². The molecule has 1 rings (SSSR count). The van der Waals surface area contributed by atoms with E-state index < -0.39 is 0 Å². The van der Waals surface area contributed by atoms with Crippen LogP contribution in [0.25, 0.3) is 0 Å². The average Bonchev–Trinajstić information content (AvgIpc) is 2.38. The first-order valence-corrected chi connectivity index (χ1v) is 8.77. The third-order valence-electron chi connectivity index (χ3n) is 3.90. The number of halogens is 1. The van der Waals surface area contributed by atoms with Crippen LogP contribution >= 0.6 is 15.9 Å². The normalized spacial score (nSPS) is 21.9. The Morgan fingerprint density at radius 3 is 2.47 bits per heavy atom. The van der Waals surface area contributed by atoms with Crippen molar-refractivity contribution in [3.05, 3.63) is 0 Å². The van der Waals surface area contributed by atoms with Gasteiger partial charge >= 0.3 is 0 Å². The van der Waals surface area contributed by atoms with Crippen LogP contribution in [0.3, 0.4) is 0 Å². The summed E-state index contributed by atoms with van der Waals surface area (Å²) in [6, 6.07) is 0. The van der Waals surface area contributed by atoms with Crippen molar-refractivity contribution < 1.29 is 0 Å². The number of nitrogens with zero attached hydrogens (tertiary/aromatic N) is 1. The summed E-state index contributed by atoms with van der Waals surface area (Å²) in [6.07, 6.45) is 12.9. The molecule has 1 aliphatic heterocycles. The molecule has 0 bridgehead atoms. The van der Waals surface area contributed by atoms with Crippen LogP contribution < -0.4 is 0 Å². The first kappa shape index (κ1) is 15.5. The molecule has 1 saturated heterocycles. The van der Waals surface area contributed by atoms with E-state index >= 15 is 0 Å². The van der Waals surface area contributed by atoms with Gasteiger partial charge in [-0.25, -0.2) is 0 Å². The Kier molecular flexibility index (Phi) is 9.45. The maximum absolute atomic E-state index is 3.63. The van der Waals surface area contributed by atoms with Crippen molar-refractivity contribution in [1.82, 2.24) is 4.90 Å². The molecule has 102 valence electrons. The molecule has 0 aromatic rings. The summed E-state index contributed by atoms with van der Waals surface area (Å²) in [7, 11) is 0. The monoisotopic (exact) mass is 303 g/mol. The second kappa shape index (κ2) is 10.4. The summed E-state index contributed by atoms with van der Waals surface area (Å²) >= 11 is 3.63. The SMILES string of the molecule is CCCCCCCCCN1CCCC(CBr)C1. The molecule has 1 atom stereocenters. The van der Waals surface area contributed by atoms with Gasteiger partial charge < -0.3 is 4.90 Å². The van der Waals surface area contributed by atoms with Crippen molar-refractivity contribution in [2.45, 2.75) is 64.7 Å². The molecule has 17 heavy (non-hydrogen) atoms. The zero-order chi connectivity index (χ0) is 12.3. The van der Waals surface area contributed by atoms with Gasteiger partial charge in [0.15, 0.2) is 0 Å². The van der Waals surface area contributed by atoms with E-state index in [2.05, 4.69) is 27.8 Å². The maximum Gasteiger partial charge on any atom is 0.00718 e. The van der Waals surface area contributed by atoms with E-state index in [1.54, 1.807) is 0 Å². The molecule has 0 saturated carbocycles. The van der Waals surface area contributed by atoms with E-state index in [1.165, 1.54) is 82.8 Å². The Morgan fingerprint density at radius 1 is 1.06 bits per heavy atom. The number of alkyl halides is 1. The van der Waals surface area contributed by atoms with Crippen LogP contribution in [0.15, 0.2) is 0 Å². The van der Waals surface area contributed by atoms with Gasteiger partial charge in [-0.3, -0.25) is 0 Å². The Morgan fingerprint density at radius 2 is 1.76 bits per heavy atom. The van der Waals surface area contributed by atoms with Crippen LogP contribution in [-0.2, 0) is 0 Å². The minimum Gasteiger partial charge on any atom is -0.303 e. The summed E-state index contributed by atoms with van der Waals surface area (Å²) in [5.41, 5.74) is 0. The largest absolute Gasteiger partial charge is 0.303 e. The molecule has 1 fully saturated rings. The van der Waals surface area contributed by atoms with Crippen LogP contribution in [0, 0.1) is 5.92 Å². The fourth-order valence-corrected chi connectivity index (χ4v) is 3.30. The van der Waals surface area contributed by atoms with E-state index in [0.29, 0.717) is 0 Å². The van der Waals surface area contributed by atoms with Gasteiger partial charge in [-0.15, -0.1) is 0 Å². The van der Waals surface area contributed by atoms with Crippen molar-refractivity contribution in [1.29, 1.82) is 0 Å². The highest BCUT2D eigenvalue weighted by Gasteiger charge is 2.17. The fraction of sp³-hybridized carbons (Fsp3) is 1.00. The van der Waals surface area contributed by atoms with Gasteiger partial charge in [0.2, 0.25) is 0 Å². The topological polar surface area (TPSA) is 3.24 Å². The van der Waals surface area contributed by atoms with Gasteiger partial charge in [-0.05, 0) is 38.3 Å². The van der Waals surface area contributed by atoms with Gasteiger partial charge in [0.05, 0.1) is 0 Å². The second-order valence-electron chi connectivity index (χ2n) is 5.58. The van der Waals surface area contributed by atoms with Crippen LogP contribution in [0.4, 0.5) is 0 Å². The fourth-order valence-electron chi connectivity index (χ4n) is 2.77. The van der Waals surface area contributed by atoms with Gasteiger partial charge in [-0.1, -0.05) is 61.4 Å². The molecule has 0 spiro atoms. The van der Waals surface area contributed by atoms with Crippen molar-refractivity contribution in [3.63, 3.8) is 0 Å². The van der Waals surface area contributed by atoms with Gasteiger partial charge in [0.25, 0.3) is 0 Å². The lowest BCUT2D eigenvalue weighted by Crippen LogP contribution is -2.36. The minimum atomic E-state index is 0.910. The molecule has 0 aromatic heterocycles. The van der Waals surface area contributed by atoms with Gasteiger partial charge in [-0.2, -0.15) is 0 Å². The molecule has 1 aliphatic rings. The molecule has 0 radical (unpaired) electrons. The van der Waals surface area contributed by atoms with Crippen LogP contribution in [0.5, 0.6) is 0 Å². The molecule has 1 unspecified atom stereocenters. The average molecular weight is 304 g/mol. The smallest absolute Gasteiger partial charge is 0.00718 e. The zero-order valence-corrected chi connectivity index (χ0v) is 13.2. The molecule has 0 aliphatic carbocycles. The molecule has 1 nitrogen and oxygen atoms in total. The first-order chi connectivity index (χ1) is 8.36. The van der Waals surface area contributed by atoms with E-state index in [1.807, 2.05) is 0 Å². The van der Waals surface area contributed by atoms with E-state index in [4.69, 9.17) is 0 Å². The number of hydrogen-bond acceptors (Lipinski definition) is 1. The van der Waals surface area contributed by atoms with Gasteiger partial charge in [0.1, 0.15) is 0 Å².